The van der Waals surface area contributed by atoms with Crippen LogP contribution in [-0.4, -0.2) is 43.8 Å². The van der Waals surface area contributed by atoms with Crippen molar-refractivity contribution in [3.05, 3.63) is 63.9 Å². The third-order valence-electron chi connectivity index (χ3n) is 4.81. The Labute approximate surface area is 194 Å². The van der Waals surface area contributed by atoms with Gasteiger partial charge in [0.2, 0.25) is 0 Å². The smallest absolute Gasteiger partial charge is 0.346 e. The summed E-state index contributed by atoms with van der Waals surface area (Å²) in [5.41, 5.74) is -0.0955. The van der Waals surface area contributed by atoms with Crippen LogP contribution in [-0.2, 0) is 11.8 Å². The molecule has 0 aliphatic rings. The van der Waals surface area contributed by atoms with Crippen LogP contribution in [0.15, 0.2) is 30.6 Å². The lowest BCUT2D eigenvalue weighted by atomic mass is 10.1. The molecule has 3 aromatic rings. The molecule has 1 atom stereocenters. The lowest BCUT2D eigenvalue weighted by Crippen LogP contribution is -2.37. The minimum absolute atomic E-state index is 0.0000554. The first-order valence-corrected chi connectivity index (χ1v) is 9.95. The predicted octanol–water partition coefficient (Wildman–Crippen LogP) is 3.49. The van der Waals surface area contributed by atoms with Gasteiger partial charge in [-0.25, -0.2) is 4.39 Å². The number of aromatic amines is 1. The van der Waals surface area contributed by atoms with E-state index in [0.717, 1.165) is 12.3 Å². The van der Waals surface area contributed by atoms with Gasteiger partial charge in [-0.15, -0.1) is 0 Å². The number of ketones is 1. The summed E-state index contributed by atoms with van der Waals surface area (Å²) in [4.78, 5) is 37.9. The highest BCUT2D eigenvalue weighted by atomic mass is 35.5. The molecule has 0 spiro atoms. The molecule has 1 aromatic carbocycles. The van der Waals surface area contributed by atoms with Gasteiger partial charge in [0.15, 0.2) is 0 Å². The maximum atomic E-state index is 13.3. The molecule has 0 fully saturated rings. The van der Waals surface area contributed by atoms with Crippen LogP contribution in [0.5, 0.6) is 0 Å². The van der Waals surface area contributed by atoms with E-state index in [1.165, 1.54) is 36.9 Å². The SMILES string of the molecule is Cc1c(C(=O)C(=O)NC(CC(F)(F)F)c2cn[nH]n2)cn(C)c1C(=O)Nc1ccc(F)c(Cl)c1. The summed E-state index contributed by atoms with van der Waals surface area (Å²) in [6.45, 7) is 1.40. The Morgan fingerprint density at radius 3 is 2.56 bits per heavy atom. The summed E-state index contributed by atoms with van der Waals surface area (Å²) in [6, 6.07) is 1.88. The zero-order valence-corrected chi connectivity index (χ0v) is 18.4. The van der Waals surface area contributed by atoms with Crippen LogP contribution < -0.4 is 10.6 Å². The van der Waals surface area contributed by atoms with E-state index in [0.29, 0.717) is 0 Å². The van der Waals surface area contributed by atoms with Gasteiger partial charge < -0.3 is 15.2 Å². The van der Waals surface area contributed by atoms with Crippen LogP contribution in [0.4, 0.5) is 23.2 Å². The maximum Gasteiger partial charge on any atom is 0.391 e. The number of Topliss-reactive ketones (excluding diaryl/α,β-unsaturated/α-hetero) is 1. The number of rotatable bonds is 7. The van der Waals surface area contributed by atoms with E-state index in [9.17, 15) is 31.9 Å². The van der Waals surface area contributed by atoms with Crippen LogP contribution >= 0.6 is 11.6 Å². The number of hydrogen-bond donors (Lipinski definition) is 3. The monoisotopic (exact) mass is 500 g/mol. The first kappa shape index (κ1) is 24.9. The number of carbonyl (C=O) groups is 3. The normalized spacial score (nSPS) is 12.3. The number of amides is 2. The minimum atomic E-state index is -4.66. The molecule has 2 heterocycles. The van der Waals surface area contributed by atoms with E-state index < -0.39 is 42.1 Å². The standard InChI is InChI=1S/C20H17ClF4N6O3/c1-9-11(8-31(2)16(9)18(33)27-10-3-4-13(22)12(21)5-10)17(32)19(34)28-14(6-20(23,24)25)15-7-26-30-29-15/h3-5,7-8,14H,6H2,1-2H3,(H,27,33)(H,28,34)(H,26,29,30). The fourth-order valence-electron chi connectivity index (χ4n) is 3.26. The van der Waals surface area contributed by atoms with Crippen LogP contribution in [0.25, 0.3) is 0 Å². The number of alkyl halides is 3. The Morgan fingerprint density at radius 1 is 1.26 bits per heavy atom. The Hall–Kier alpha value is -3.74. The maximum absolute atomic E-state index is 13.3. The number of hydrogen-bond acceptors (Lipinski definition) is 5. The van der Waals surface area contributed by atoms with E-state index in [-0.39, 0.29) is 33.2 Å². The van der Waals surface area contributed by atoms with Crippen molar-refractivity contribution in [3.8, 4) is 0 Å². The number of carbonyl (C=O) groups excluding carboxylic acids is 3. The summed E-state index contributed by atoms with van der Waals surface area (Å²) >= 11 is 5.70. The van der Waals surface area contributed by atoms with Gasteiger partial charge in [0.1, 0.15) is 17.2 Å². The van der Waals surface area contributed by atoms with Crippen molar-refractivity contribution in [1.29, 1.82) is 0 Å². The molecule has 2 aromatic heterocycles. The van der Waals surface area contributed by atoms with E-state index in [1.54, 1.807) is 0 Å². The molecule has 3 rings (SSSR count). The molecule has 3 N–H and O–H groups in total. The minimum Gasteiger partial charge on any atom is -0.346 e. The Balaban J connectivity index is 1.81. The molecule has 9 nitrogen and oxygen atoms in total. The van der Waals surface area contributed by atoms with Crippen LogP contribution in [0.2, 0.25) is 5.02 Å². The molecule has 0 aliphatic heterocycles. The number of aromatic nitrogens is 4. The third-order valence-corrected chi connectivity index (χ3v) is 5.10. The number of H-pyrrole nitrogens is 1. The van der Waals surface area contributed by atoms with E-state index in [1.807, 2.05) is 5.32 Å². The summed E-state index contributed by atoms with van der Waals surface area (Å²) < 4.78 is 53.4. The highest BCUT2D eigenvalue weighted by Crippen LogP contribution is 2.29. The second-order valence-electron chi connectivity index (χ2n) is 7.28. The molecule has 0 aliphatic carbocycles. The Morgan fingerprint density at radius 2 is 1.97 bits per heavy atom. The summed E-state index contributed by atoms with van der Waals surface area (Å²) in [7, 11) is 1.44. The van der Waals surface area contributed by atoms with Crippen molar-refractivity contribution >= 4 is 34.9 Å². The topological polar surface area (TPSA) is 122 Å². The highest BCUT2D eigenvalue weighted by molar-refractivity contribution is 6.43. The zero-order chi connectivity index (χ0) is 25.2. The highest BCUT2D eigenvalue weighted by Gasteiger charge is 2.36. The molecule has 1 unspecified atom stereocenters. The molecule has 34 heavy (non-hydrogen) atoms. The lowest BCUT2D eigenvalue weighted by Gasteiger charge is -2.17. The predicted molar refractivity (Wildman–Crippen MR) is 112 cm³/mol. The Kier molecular flexibility index (Phi) is 7.05. The second kappa shape index (κ2) is 9.63. The molecular weight excluding hydrogens is 484 g/mol. The van der Waals surface area contributed by atoms with Gasteiger partial charge in [0.25, 0.3) is 17.6 Å². The largest absolute Gasteiger partial charge is 0.391 e. The van der Waals surface area contributed by atoms with E-state index in [2.05, 4.69) is 20.7 Å². The first-order chi connectivity index (χ1) is 15.9. The van der Waals surface area contributed by atoms with Crippen LogP contribution in [0.1, 0.15) is 44.6 Å². The third kappa shape index (κ3) is 5.60. The van der Waals surface area contributed by atoms with E-state index >= 15 is 0 Å². The first-order valence-electron chi connectivity index (χ1n) is 9.57. The molecule has 0 bridgehead atoms. The fraction of sp³-hybridized carbons (Fsp3) is 0.250. The van der Waals surface area contributed by atoms with Gasteiger partial charge in [-0.3, -0.25) is 14.4 Å². The van der Waals surface area contributed by atoms with Gasteiger partial charge >= 0.3 is 6.18 Å². The number of anilines is 1. The molecule has 14 heteroatoms. The summed E-state index contributed by atoms with van der Waals surface area (Å²) in [6.07, 6.45) is -3.92. The van der Waals surface area contributed by atoms with Gasteiger partial charge in [-0.2, -0.15) is 28.6 Å². The van der Waals surface area contributed by atoms with Crippen LogP contribution in [0, 0.1) is 12.7 Å². The van der Waals surface area contributed by atoms with Crippen molar-refractivity contribution < 1.29 is 31.9 Å². The Bertz CT molecular complexity index is 1240. The van der Waals surface area contributed by atoms with Gasteiger partial charge in [0.05, 0.1) is 23.7 Å². The van der Waals surface area contributed by atoms with Crippen molar-refractivity contribution in [2.24, 2.45) is 7.05 Å². The van der Waals surface area contributed by atoms with Gasteiger partial charge in [-0.1, -0.05) is 11.6 Å². The van der Waals surface area contributed by atoms with Crippen molar-refractivity contribution in [2.75, 3.05) is 5.32 Å². The van der Waals surface area contributed by atoms with Gasteiger partial charge in [0, 0.05) is 24.5 Å². The molecular formula is C20H17ClF4N6O3. The van der Waals surface area contributed by atoms with Crippen molar-refractivity contribution in [2.45, 2.75) is 25.6 Å². The molecule has 0 saturated carbocycles. The quantitative estimate of drug-likeness (QED) is 0.260. The second-order valence-corrected chi connectivity index (χ2v) is 7.69. The number of nitrogens with one attached hydrogen (secondary N) is 3. The van der Waals surface area contributed by atoms with Gasteiger partial charge in [-0.05, 0) is 30.7 Å². The van der Waals surface area contributed by atoms with E-state index in [4.69, 9.17) is 11.6 Å². The molecule has 0 saturated heterocycles. The van der Waals surface area contributed by atoms with Crippen molar-refractivity contribution in [3.63, 3.8) is 0 Å². The number of nitrogens with zero attached hydrogens (tertiary/aromatic N) is 3. The molecule has 2 amide bonds. The van der Waals surface area contributed by atoms with Crippen LogP contribution in [0.3, 0.4) is 0 Å². The van der Waals surface area contributed by atoms with Crippen molar-refractivity contribution in [1.82, 2.24) is 25.3 Å². The number of aryl methyl sites for hydroxylation is 1. The summed E-state index contributed by atoms with van der Waals surface area (Å²) in [5.74, 6) is -3.82. The zero-order valence-electron chi connectivity index (χ0n) is 17.6. The lowest BCUT2D eigenvalue weighted by molar-refractivity contribution is -0.142. The number of halogens is 5. The fourth-order valence-corrected chi connectivity index (χ4v) is 3.44. The number of benzene rings is 1. The average molecular weight is 501 g/mol. The molecule has 180 valence electrons. The molecule has 0 radical (unpaired) electrons. The summed E-state index contributed by atoms with van der Waals surface area (Å²) in [5, 5.41) is 13.4. The average Bonchev–Trinajstić information content (AvgIpc) is 3.37.